The van der Waals surface area contributed by atoms with Gasteiger partial charge in [-0.25, -0.2) is 0 Å². The van der Waals surface area contributed by atoms with Crippen LogP contribution < -0.4 is 10.6 Å². The average Bonchev–Trinajstić information content (AvgIpc) is 2.65. The highest BCUT2D eigenvalue weighted by Crippen LogP contribution is 2.20. The molecule has 130 valence electrons. The number of nitrogens with zero attached hydrogens (tertiary/aromatic N) is 1. The van der Waals surface area contributed by atoms with Gasteiger partial charge in [-0.2, -0.15) is 0 Å². The van der Waals surface area contributed by atoms with Crippen LogP contribution in [-0.2, 0) is 0 Å². The molecule has 0 fully saturated rings. The third kappa shape index (κ3) is 5.18. The van der Waals surface area contributed by atoms with E-state index in [4.69, 9.17) is 0 Å². The van der Waals surface area contributed by atoms with E-state index in [1.165, 1.54) is 25.7 Å². The highest BCUT2D eigenvalue weighted by atomic mass is 16.1. The molecule has 0 radical (unpaired) electrons. The minimum absolute atomic E-state index is 0.192. The summed E-state index contributed by atoms with van der Waals surface area (Å²) in [6.45, 7) is 2.90. The van der Waals surface area contributed by atoms with Gasteiger partial charge in [-0.15, -0.1) is 0 Å². The lowest BCUT2D eigenvalue weighted by molar-refractivity contribution is 0.102. The van der Waals surface area contributed by atoms with E-state index < -0.39 is 0 Å². The summed E-state index contributed by atoms with van der Waals surface area (Å²) in [7, 11) is 0. The lowest BCUT2D eigenvalue weighted by Crippen LogP contribution is -2.14. The summed E-state index contributed by atoms with van der Waals surface area (Å²) in [5.41, 5.74) is 4.84. The van der Waals surface area contributed by atoms with Crippen molar-refractivity contribution in [1.29, 1.82) is 0 Å². The van der Waals surface area contributed by atoms with Crippen molar-refractivity contribution in [3.63, 3.8) is 0 Å². The molecule has 0 aliphatic heterocycles. The number of hydrogen-bond donors (Lipinski definition) is 2. The lowest BCUT2D eigenvalue weighted by atomic mass is 9.97. The van der Waals surface area contributed by atoms with Crippen molar-refractivity contribution in [3.05, 3.63) is 65.5 Å². The van der Waals surface area contributed by atoms with Crippen molar-refractivity contribution in [2.45, 2.75) is 39.0 Å². The number of benzene rings is 1. The van der Waals surface area contributed by atoms with Gasteiger partial charge in [0.25, 0.3) is 5.91 Å². The number of carbonyl (C=O) groups excluding carboxylic acids is 1. The molecular formula is C21H25N3O. The number of amides is 1. The van der Waals surface area contributed by atoms with E-state index in [1.807, 2.05) is 37.3 Å². The van der Waals surface area contributed by atoms with Gasteiger partial charge in [-0.1, -0.05) is 29.3 Å². The molecule has 1 amide bonds. The Kier molecular flexibility index (Phi) is 5.83. The standard InChI is InChI=1S/C21H25N3O/c1-16-7-9-18(10-8-16)24-21(25)20-15-19(12-14-23-20)22-13-11-17-5-3-2-4-6-17/h5,7-10,12,14-15H,2-4,6,11,13H2,1H3,(H,22,23)(H,24,25). The summed E-state index contributed by atoms with van der Waals surface area (Å²) in [6.07, 6.45) is 10.2. The Balaban J connectivity index is 1.55. The van der Waals surface area contributed by atoms with E-state index in [-0.39, 0.29) is 5.91 Å². The highest BCUT2D eigenvalue weighted by Gasteiger charge is 2.09. The monoisotopic (exact) mass is 335 g/mol. The zero-order valence-electron chi connectivity index (χ0n) is 14.7. The van der Waals surface area contributed by atoms with Gasteiger partial charge in [0.15, 0.2) is 0 Å². The lowest BCUT2D eigenvalue weighted by Gasteiger charge is -2.13. The second-order valence-electron chi connectivity index (χ2n) is 6.53. The van der Waals surface area contributed by atoms with Crippen LogP contribution in [0.3, 0.4) is 0 Å². The quantitative estimate of drug-likeness (QED) is 0.735. The molecule has 0 bridgehead atoms. The molecule has 2 N–H and O–H groups in total. The van der Waals surface area contributed by atoms with Crippen molar-refractivity contribution in [3.8, 4) is 0 Å². The summed E-state index contributed by atoms with van der Waals surface area (Å²) in [6, 6.07) is 11.4. The van der Waals surface area contributed by atoms with Gasteiger partial charge in [0.1, 0.15) is 5.69 Å². The molecule has 0 saturated carbocycles. The molecule has 0 saturated heterocycles. The fraction of sp³-hybridized carbons (Fsp3) is 0.333. The number of carbonyl (C=O) groups is 1. The minimum Gasteiger partial charge on any atom is -0.385 e. The number of aromatic nitrogens is 1. The van der Waals surface area contributed by atoms with Crippen LogP contribution in [0.5, 0.6) is 0 Å². The number of rotatable bonds is 6. The Hall–Kier alpha value is -2.62. The van der Waals surface area contributed by atoms with Crippen LogP contribution in [0.2, 0.25) is 0 Å². The number of pyridine rings is 1. The van der Waals surface area contributed by atoms with Gasteiger partial charge in [0.05, 0.1) is 0 Å². The average molecular weight is 335 g/mol. The molecule has 4 heteroatoms. The Bertz CT molecular complexity index is 750. The predicted molar refractivity (Wildman–Crippen MR) is 103 cm³/mol. The van der Waals surface area contributed by atoms with Gasteiger partial charge in [0, 0.05) is 24.1 Å². The summed E-state index contributed by atoms with van der Waals surface area (Å²) >= 11 is 0. The molecule has 1 aliphatic carbocycles. The summed E-state index contributed by atoms with van der Waals surface area (Å²) in [4.78, 5) is 16.5. The summed E-state index contributed by atoms with van der Waals surface area (Å²) in [5.74, 6) is -0.192. The molecule has 1 aromatic heterocycles. The van der Waals surface area contributed by atoms with E-state index >= 15 is 0 Å². The Labute approximate surface area is 149 Å². The molecule has 0 atom stereocenters. The highest BCUT2D eigenvalue weighted by molar-refractivity contribution is 6.03. The van der Waals surface area contributed by atoms with E-state index in [9.17, 15) is 4.79 Å². The minimum atomic E-state index is -0.192. The molecule has 0 unspecified atom stereocenters. The van der Waals surface area contributed by atoms with Crippen LogP contribution in [0.4, 0.5) is 11.4 Å². The van der Waals surface area contributed by atoms with Crippen molar-refractivity contribution in [2.75, 3.05) is 17.2 Å². The van der Waals surface area contributed by atoms with Crippen molar-refractivity contribution < 1.29 is 4.79 Å². The van der Waals surface area contributed by atoms with Crippen molar-refractivity contribution in [2.24, 2.45) is 0 Å². The van der Waals surface area contributed by atoms with Gasteiger partial charge in [-0.3, -0.25) is 9.78 Å². The third-order valence-electron chi connectivity index (χ3n) is 4.46. The molecule has 2 aromatic rings. The fourth-order valence-electron chi connectivity index (χ4n) is 3.00. The van der Waals surface area contributed by atoms with Crippen LogP contribution in [0.1, 0.15) is 48.2 Å². The first-order valence-electron chi connectivity index (χ1n) is 8.96. The number of allylic oxidation sites excluding steroid dienone is 1. The maximum Gasteiger partial charge on any atom is 0.274 e. The Morgan fingerprint density at radius 1 is 1.12 bits per heavy atom. The molecule has 4 nitrogen and oxygen atoms in total. The molecule has 1 heterocycles. The Morgan fingerprint density at radius 2 is 1.96 bits per heavy atom. The second kappa shape index (κ2) is 8.47. The van der Waals surface area contributed by atoms with E-state index in [0.717, 1.165) is 29.9 Å². The topological polar surface area (TPSA) is 54.0 Å². The van der Waals surface area contributed by atoms with Crippen LogP contribution in [-0.4, -0.2) is 17.4 Å². The number of nitrogens with one attached hydrogen (secondary N) is 2. The molecule has 0 spiro atoms. The zero-order chi connectivity index (χ0) is 17.5. The van der Waals surface area contributed by atoms with Crippen molar-refractivity contribution >= 4 is 17.3 Å². The SMILES string of the molecule is Cc1ccc(NC(=O)c2cc(NCCC3=CCCCC3)ccn2)cc1. The molecule has 1 aliphatic rings. The van der Waals surface area contributed by atoms with Crippen LogP contribution in [0.25, 0.3) is 0 Å². The molecule has 3 rings (SSSR count). The molecular weight excluding hydrogens is 310 g/mol. The number of aryl methyl sites for hydroxylation is 1. The summed E-state index contributed by atoms with van der Waals surface area (Å²) in [5, 5.41) is 6.28. The first-order valence-corrected chi connectivity index (χ1v) is 8.96. The van der Waals surface area contributed by atoms with E-state index in [2.05, 4.69) is 21.7 Å². The number of hydrogen-bond acceptors (Lipinski definition) is 3. The summed E-state index contributed by atoms with van der Waals surface area (Å²) < 4.78 is 0. The normalized spacial score (nSPS) is 13.9. The molecule has 25 heavy (non-hydrogen) atoms. The Morgan fingerprint density at radius 3 is 2.72 bits per heavy atom. The first-order chi connectivity index (χ1) is 12.2. The second-order valence-corrected chi connectivity index (χ2v) is 6.53. The smallest absolute Gasteiger partial charge is 0.274 e. The zero-order valence-corrected chi connectivity index (χ0v) is 14.7. The first kappa shape index (κ1) is 17.2. The maximum absolute atomic E-state index is 12.4. The van der Waals surface area contributed by atoms with E-state index in [1.54, 1.807) is 17.8 Å². The van der Waals surface area contributed by atoms with Crippen LogP contribution in [0.15, 0.2) is 54.2 Å². The van der Waals surface area contributed by atoms with Crippen LogP contribution >= 0.6 is 0 Å². The largest absolute Gasteiger partial charge is 0.385 e. The fourth-order valence-corrected chi connectivity index (χ4v) is 3.00. The third-order valence-corrected chi connectivity index (χ3v) is 4.46. The van der Waals surface area contributed by atoms with E-state index in [0.29, 0.717) is 5.69 Å². The van der Waals surface area contributed by atoms with Gasteiger partial charge in [-0.05, 0) is 63.3 Å². The maximum atomic E-state index is 12.4. The molecule has 1 aromatic carbocycles. The predicted octanol–water partition coefficient (Wildman–Crippen LogP) is 4.94. The van der Waals surface area contributed by atoms with Crippen molar-refractivity contribution in [1.82, 2.24) is 4.98 Å². The van der Waals surface area contributed by atoms with Crippen LogP contribution in [0, 0.1) is 6.92 Å². The van der Waals surface area contributed by atoms with Gasteiger partial charge < -0.3 is 10.6 Å². The van der Waals surface area contributed by atoms with Gasteiger partial charge in [0.2, 0.25) is 0 Å². The van der Waals surface area contributed by atoms with Gasteiger partial charge >= 0.3 is 0 Å². The number of anilines is 2.